The van der Waals surface area contributed by atoms with Crippen LogP contribution in [0.5, 0.6) is 0 Å². The molecule has 20 heavy (non-hydrogen) atoms. The Morgan fingerprint density at radius 2 is 1.70 bits per heavy atom. The molecular formula is C17H19F2N. The molecule has 0 aliphatic rings. The van der Waals surface area contributed by atoms with Crippen LogP contribution < -0.4 is 5.32 Å². The predicted octanol–water partition coefficient (Wildman–Crippen LogP) is 4.03. The summed E-state index contributed by atoms with van der Waals surface area (Å²) >= 11 is 0. The third-order valence-corrected chi connectivity index (χ3v) is 3.52. The van der Waals surface area contributed by atoms with Crippen molar-refractivity contribution < 1.29 is 8.78 Å². The first-order valence-corrected chi connectivity index (χ1v) is 6.84. The normalized spacial score (nSPS) is 12.4. The van der Waals surface area contributed by atoms with Crippen LogP contribution in [0.2, 0.25) is 0 Å². The van der Waals surface area contributed by atoms with Crippen molar-refractivity contribution in [2.45, 2.75) is 25.8 Å². The number of benzene rings is 2. The molecule has 0 amide bonds. The van der Waals surface area contributed by atoms with Crippen molar-refractivity contribution in [2.24, 2.45) is 0 Å². The van der Waals surface area contributed by atoms with E-state index in [9.17, 15) is 8.78 Å². The Balaban J connectivity index is 2.28. The standard InChI is InChI=1S/C17H19F2N/c1-3-13-6-4-5-7-16(13)17(20-2)10-12-8-14(18)11-15(19)9-12/h4-9,11,17,20H,3,10H2,1-2H3. The zero-order valence-electron chi connectivity index (χ0n) is 11.8. The van der Waals surface area contributed by atoms with E-state index in [1.807, 2.05) is 19.2 Å². The van der Waals surface area contributed by atoms with Gasteiger partial charge in [-0.15, -0.1) is 0 Å². The minimum Gasteiger partial charge on any atom is -0.313 e. The van der Waals surface area contributed by atoms with Crippen LogP contribution in [0.1, 0.15) is 29.7 Å². The van der Waals surface area contributed by atoms with Crippen molar-refractivity contribution in [3.63, 3.8) is 0 Å². The topological polar surface area (TPSA) is 12.0 Å². The van der Waals surface area contributed by atoms with E-state index in [1.165, 1.54) is 23.3 Å². The van der Waals surface area contributed by atoms with E-state index in [2.05, 4.69) is 24.4 Å². The Labute approximate surface area is 118 Å². The van der Waals surface area contributed by atoms with Gasteiger partial charge >= 0.3 is 0 Å². The first kappa shape index (κ1) is 14.7. The summed E-state index contributed by atoms with van der Waals surface area (Å²) in [6.07, 6.45) is 1.49. The van der Waals surface area contributed by atoms with Crippen LogP contribution in [0.25, 0.3) is 0 Å². The second-order valence-corrected chi connectivity index (χ2v) is 4.88. The zero-order chi connectivity index (χ0) is 14.5. The van der Waals surface area contributed by atoms with Crippen LogP contribution in [0.3, 0.4) is 0 Å². The summed E-state index contributed by atoms with van der Waals surface area (Å²) in [5.41, 5.74) is 3.10. The van der Waals surface area contributed by atoms with E-state index in [1.54, 1.807) is 0 Å². The highest BCUT2D eigenvalue weighted by atomic mass is 19.1. The van der Waals surface area contributed by atoms with E-state index in [-0.39, 0.29) is 6.04 Å². The second kappa shape index (κ2) is 6.62. The molecule has 1 unspecified atom stereocenters. The fourth-order valence-electron chi connectivity index (χ4n) is 2.53. The maximum absolute atomic E-state index is 13.3. The molecule has 0 heterocycles. The summed E-state index contributed by atoms with van der Waals surface area (Å²) in [5.74, 6) is -1.06. The molecule has 3 heteroatoms. The highest BCUT2D eigenvalue weighted by molar-refractivity contribution is 5.32. The Bertz CT molecular complexity index is 561. The summed E-state index contributed by atoms with van der Waals surface area (Å²) < 4.78 is 26.5. The number of halogens is 2. The molecule has 1 atom stereocenters. The van der Waals surface area contributed by atoms with Gasteiger partial charge in [-0.2, -0.15) is 0 Å². The monoisotopic (exact) mass is 275 g/mol. The Morgan fingerprint density at radius 3 is 2.30 bits per heavy atom. The van der Waals surface area contributed by atoms with Crippen molar-refractivity contribution in [1.82, 2.24) is 5.32 Å². The number of hydrogen-bond donors (Lipinski definition) is 1. The molecule has 0 fully saturated rings. The highest BCUT2D eigenvalue weighted by Gasteiger charge is 2.14. The number of rotatable bonds is 5. The van der Waals surface area contributed by atoms with Gasteiger partial charge in [0.25, 0.3) is 0 Å². The largest absolute Gasteiger partial charge is 0.313 e. The molecule has 0 saturated carbocycles. The number of likely N-dealkylation sites (N-methyl/N-ethyl adjacent to an activating group) is 1. The molecule has 106 valence electrons. The van der Waals surface area contributed by atoms with E-state index >= 15 is 0 Å². The van der Waals surface area contributed by atoms with Crippen LogP contribution in [0.4, 0.5) is 8.78 Å². The van der Waals surface area contributed by atoms with Crippen LogP contribution in [-0.4, -0.2) is 7.05 Å². The molecule has 0 aromatic heterocycles. The molecule has 0 spiro atoms. The lowest BCUT2D eigenvalue weighted by molar-refractivity contribution is 0.560. The molecule has 0 aliphatic carbocycles. The fraction of sp³-hybridized carbons (Fsp3) is 0.294. The van der Waals surface area contributed by atoms with Crippen LogP contribution in [0.15, 0.2) is 42.5 Å². The Morgan fingerprint density at radius 1 is 1.05 bits per heavy atom. The first-order chi connectivity index (χ1) is 9.63. The van der Waals surface area contributed by atoms with Crippen molar-refractivity contribution in [1.29, 1.82) is 0 Å². The van der Waals surface area contributed by atoms with Gasteiger partial charge in [-0.25, -0.2) is 8.78 Å². The van der Waals surface area contributed by atoms with Crippen molar-refractivity contribution in [3.8, 4) is 0 Å². The van der Waals surface area contributed by atoms with Crippen LogP contribution >= 0.6 is 0 Å². The number of hydrogen-bond acceptors (Lipinski definition) is 1. The maximum Gasteiger partial charge on any atom is 0.126 e. The SMILES string of the molecule is CCc1ccccc1C(Cc1cc(F)cc(F)c1)NC. The molecule has 0 saturated heterocycles. The van der Waals surface area contributed by atoms with Gasteiger partial charge in [0, 0.05) is 12.1 Å². The van der Waals surface area contributed by atoms with E-state index in [4.69, 9.17) is 0 Å². The molecule has 2 rings (SSSR count). The molecule has 1 nitrogen and oxygen atoms in total. The van der Waals surface area contributed by atoms with Gasteiger partial charge in [-0.05, 0) is 48.7 Å². The van der Waals surface area contributed by atoms with Crippen molar-refractivity contribution >= 4 is 0 Å². The zero-order valence-corrected chi connectivity index (χ0v) is 11.8. The molecule has 2 aromatic carbocycles. The number of aryl methyl sites for hydroxylation is 1. The summed E-state index contributed by atoms with van der Waals surface area (Å²) in [6.45, 7) is 2.10. The minimum atomic E-state index is -0.529. The van der Waals surface area contributed by atoms with Crippen LogP contribution in [0, 0.1) is 11.6 Å². The molecule has 2 aromatic rings. The molecule has 0 aliphatic heterocycles. The highest BCUT2D eigenvalue weighted by Crippen LogP contribution is 2.23. The Kier molecular flexibility index (Phi) is 4.85. The molecule has 0 radical (unpaired) electrons. The van der Waals surface area contributed by atoms with Gasteiger partial charge in [0.2, 0.25) is 0 Å². The predicted molar refractivity (Wildman–Crippen MR) is 77.7 cm³/mol. The van der Waals surface area contributed by atoms with Crippen LogP contribution in [-0.2, 0) is 12.8 Å². The first-order valence-electron chi connectivity index (χ1n) is 6.84. The lowest BCUT2D eigenvalue weighted by Gasteiger charge is -2.20. The van der Waals surface area contributed by atoms with Crippen molar-refractivity contribution in [2.75, 3.05) is 7.05 Å². The average molecular weight is 275 g/mol. The quantitative estimate of drug-likeness (QED) is 0.868. The minimum absolute atomic E-state index is 0.0485. The Hall–Kier alpha value is -1.74. The van der Waals surface area contributed by atoms with Gasteiger partial charge in [0.15, 0.2) is 0 Å². The fourth-order valence-corrected chi connectivity index (χ4v) is 2.53. The lowest BCUT2D eigenvalue weighted by Crippen LogP contribution is -2.20. The van der Waals surface area contributed by atoms with E-state index in [0.29, 0.717) is 12.0 Å². The number of nitrogens with one attached hydrogen (secondary N) is 1. The van der Waals surface area contributed by atoms with E-state index < -0.39 is 11.6 Å². The van der Waals surface area contributed by atoms with Gasteiger partial charge in [0.05, 0.1) is 0 Å². The molecule has 0 bridgehead atoms. The third-order valence-electron chi connectivity index (χ3n) is 3.52. The average Bonchev–Trinajstić information content (AvgIpc) is 2.43. The van der Waals surface area contributed by atoms with E-state index in [0.717, 1.165) is 12.5 Å². The van der Waals surface area contributed by atoms with Crippen molar-refractivity contribution in [3.05, 3.63) is 70.8 Å². The molecule has 1 N–H and O–H groups in total. The smallest absolute Gasteiger partial charge is 0.126 e. The lowest BCUT2D eigenvalue weighted by atomic mass is 9.94. The summed E-state index contributed by atoms with van der Waals surface area (Å²) in [4.78, 5) is 0. The van der Waals surface area contributed by atoms with Gasteiger partial charge in [-0.3, -0.25) is 0 Å². The van der Waals surface area contributed by atoms with Gasteiger partial charge in [0.1, 0.15) is 11.6 Å². The van der Waals surface area contributed by atoms with Gasteiger partial charge < -0.3 is 5.32 Å². The second-order valence-electron chi connectivity index (χ2n) is 4.88. The van der Waals surface area contributed by atoms with Gasteiger partial charge in [-0.1, -0.05) is 31.2 Å². The summed E-state index contributed by atoms with van der Waals surface area (Å²) in [5, 5.41) is 3.24. The summed E-state index contributed by atoms with van der Waals surface area (Å²) in [6, 6.07) is 11.9. The maximum atomic E-state index is 13.3. The third kappa shape index (κ3) is 3.42. The summed E-state index contributed by atoms with van der Waals surface area (Å²) in [7, 11) is 1.87. The molecular weight excluding hydrogens is 256 g/mol.